The van der Waals surface area contributed by atoms with Crippen LogP contribution in [0.5, 0.6) is 5.75 Å². The predicted molar refractivity (Wildman–Crippen MR) is 177 cm³/mol. The van der Waals surface area contributed by atoms with E-state index >= 15 is 0 Å². The Hall–Kier alpha value is -2.58. The molecule has 4 N–H and O–H groups in total. The van der Waals surface area contributed by atoms with Gasteiger partial charge in [-0.1, -0.05) is 31.3 Å². The maximum atomic E-state index is 13.3. The molecule has 0 bridgehead atoms. The maximum Gasteiger partial charge on any atom is 0.305 e. The first kappa shape index (κ1) is 31.4. The molecule has 0 saturated carbocycles. The molecule has 12 heteroatoms. The number of aliphatic hydroxyl groups excluding tert-OH is 1. The average molecular weight is 657 g/mol. The third-order valence-corrected chi connectivity index (χ3v) is 11.8. The number of aromatic amines is 1. The number of amides is 1. The summed E-state index contributed by atoms with van der Waals surface area (Å²) in [6, 6.07) is 7.51. The van der Waals surface area contributed by atoms with Crippen LogP contribution in [0.15, 0.2) is 39.8 Å². The summed E-state index contributed by atoms with van der Waals surface area (Å²) in [5.41, 5.74) is 2.85. The number of aromatic hydroxyl groups is 1. The number of hydrogen-bond acceptors (Lipinski definition) is 10. The van der Waals surface area contributed by atoms with Gasteiger partial charge in [-0.05, 0) is 60.9 Å². The molecule has 1 atom stereocenters. The number of likely N-dealkylation sites (tertiary alicyclic amines) is 1. The number of phenolic OH excluding ortho intramolecular Hbond substituents is 1. The summed E-state index contributed by atoms with van der Waals surface area (Å²) in [4.78, 5) is 34.5. The third kappa shape index (κ3) is 6.96. The number of hydrogen-bond donors (Lipinski definition) is 4. The lowest BCUT2D eigenvalue weighted by Crippen LogP contribution is -2.57. The summed E-state index contributed by atoms with van der Waals surface area (Å²) in [5.74, 6) is 0.572. The van der Waals surface area contributed by atoms with E-state index in [1.54, 1.807) is 28.7 Å². The summed E-state index contributed by atoms with van der Waals surface area (Å²) in [7, 11) is 0. The molecule has 2 aliphatic rings. The van der Waals surface area contributed by atoms with Crippen molar-refractivity contribution in [2.24, 2.45) is 0 Å². The minimum Gasteiger partial charge on any atom is -0.506 e. The number of thiophene rings is 2. The minimum atomic E-state index is -0.781. The molecule has 1 aromatic carbocycles. The van der Waals surface area contributed by atoms with Gasteiger partial charge in [0.05, 0.1) is 35.1 Å². The van der Waals surface area contributed by atoms with Gasteiger partial charge in [-0.2, -0.15) is 0 Å². The lowest BCUT2D eigenvalue weighted by atomic mass is 9.89. The average Bonchev–Trinajstić information content (AvgIpc) is 3.77. The first-order valence-corrected chi connectivity index (χ1v) is 17.8. The lowest BCUT2D eigenvalue weighted by molar-refractivity contribution is -0.127. The van der Waals surface area contributed by atoms with Crippen LogP contribution in [-0.4, -0.2) is 82.4 Å². The fourth-order valence-corrected chi connectivity index (χ4v) is 8.92. The smallest absolute Gasteiger partial charge is 0.305 e. The van der Waals surface area contributed by atoms with E-state index in [0.29, 0.717) is 47.9 Å². The molecule has 1 spiro atoms. The summed E-state index contributed by atoms with van der Waals surface area (Å²) in [6.45, 7) is 10.1. The highest BCUT2D eigenvalue weighted by Gasteiger charge is 2.41. The van der Waals surface area contributed by atoms with Gasteiger partial charge in [0, 0.05) is 53.4 Å². The van der Waals surface area contributed by atoms with E-state index in [0.717, 1.165) is 62.3 Å². The summed E-state index contributed by atoms with van der Waals surface area (Å²) in [6.07, 6.45) is 1.93. The van der Waals surface area contributed by atoms with Crippen LogP contribution in [0, 0.1) is 0 Å². The standard InChI is InChI=1S/C32H40N4O5S3/c1-20(2)27-14-22(18-43-27)30(39)36-11-12-41-32(19-36)6-9-35(10-7-32)16-23-13-21(17-42-23)5-8-33-15-26(38)24-3-4-25(37)28-29(24)44-31(40)34-28/h3-4,13-14,17-18,20,26,33,37-38H,5-12,15-16,19H2,1-2H3,(H,34,40)/t26-/m0/s1. The number of carbonyl (C=O) groups excluding carboxylic acids is 1. The molecule has 2 saturated heterocycles. The normalized spacial score (nSPS) is 18.0. The lowest BCUT2D eigenvalue weighted by Gasteiger charge is -2.47. The summed E-state index contributed by atoms with van der Waals surface area (Å²) < 4.78 is 6.92. The second-order valence-electron chi connectivity index (χ2n) is 12.2. The number of nitrogens with one attached hydrogen (secondary N) is 2. The van der Waals surface area contributed by atoms with Gasteiger partial charge in [-0.25, -0.2) is 0 Å². The molecule has 4 aromatic rings. The molecule has 0 aliphatic carbocycles. The molecule has 0 unspecified atom stereocenters. The van der Waals surface area contributed by atoms with Crippen molar-refractivity contribution in [1.82, 2.24) is 20.1 Å². The van der Waals surface area contributed by atoms with E-state index in [4.69, 9.17) is 4.74 Å². The zero-order chi connectivity index (χ0) is 30.8. The van der Waals surface area contributed by atoms with Gasteiger partial charge in [-0.3, -0.25) is 14.5 Å². The second kappa shape index (κ2) is 13.4. The van der Waals surface area contributed by atoms with E-state index in [2.05, 4.69) is 46.6 Å². The van der Waals surface area contributed by atoms with Crippen LogP contribution in [0.25, 0.3) is 10.2 Å². The molecular formula is C32H40N4O5S3. The number of morpholine rings is 1. The van der Waals surface area contributed by atoms with E-state index in [9.17, 15) is 19.8 Å². The Bertz CT molecular complexity index is 1650. The van der Waals surface area contributed by atoms with Crippen molar-refractivity contribution < 1.29 is 19.7 Å². The van der Waals surface area contributed by atoms with Crippen LogP contribution in [-0.2, 0) is 17.7 Å². The van der Waals surface area contributed by atoms with Crippen LogP contribution < -0.4 is 10.2 Å². The predicted octanol–water partition coefficient (Wildman–Crippen LogP) is 4.91. The van der Waals surface area contributed by atoms with Gasteiger partial charge >= 0.3 is 4.87 Å². The fraction of sp³-hybridized carbons (Fsp3) is 0.500. The van der Waals surface area contributed by atoms with Gasteiger partial charge in [0.1, 0.15) is 11.3 Å². The van der Waals surface area contributed by atoms with E-state index in [1.165, 1.54) is 21.4 Å². The van der Waals surface area contributed by atoms with Crippen molar-refractivity contribution in [2.45, 2.75) is 57.3 Å². The zero-order valence-electron chi connectivity index (χ0n) is 25.1. The first-order chi connectivity index (χ1) is 21.2. The molecule has 9 nitrogen and oxygen atoms in total. The van der Waals surface area contributed by atoms with E-state index < -0.39 is 6.10 Å². The van der Waals surface area contributed by atoms with Crippen molar-refractivity contribution >= 4 is 50.1 Å². The van der Waals surface area contributed by atoms with Crippen LogP contribution in [0.2, 0.25) is 0 Å². The molecule has 5 heterocycles. The monoisotopic (exact) mass is 656 g/mol. The number of aliphatic hydroxyl groups is 1. The number of aromatic nitrogens is 1. The second-order valence-corrected chi connectivity index (χ2v) is 15.1. The van der Waals surface area contributed by atoms with Crippen molar-refractivity contribution in [2.75, 3.05) is 45.9 Å². The Morgan fingerprint density at radius 1 is 1.16 bits per heavy atom. The zero-order valence-corrected chi connectivity index (χ0v) is 27.6. The summed E-state index contributed by atoms with van der Waals surface area (Å²) in [5, 5.41) is 28.3. The van der Waals surface area contributed by atoms with Crippen LogP contribution in [0.3, 0.4) is 0 Å². The van der Waals surface area contributed by atoms with Crippen molar-refractivity contribution in [1.29, 1.82) is 0 Å². The highest BCUT2D eigenvalue weighted by Crippen LogP contribution is 2.33. The van der Waals surface area contributed by atoms with Gasteiger partial charge < -0.3 is 30.2 Å². The Balaban J connectivity index is 0.945. The van der Waals surface area contributed by atoms with Gasteiger partial charge in [-0.15, -0.1) is 22.7 Å². The Morgan fingerprint density at radius 3 is 2.75 bits per heavy atom. The van der Waals surface area contributed by atoms with Crippen molar-refractivity contribution in [3.8, 4) is 5.75 Å². The van der Waals surface area contributed by atoms with Gasteiger partial charge in [0.15, 0.2) is 0 Å². The molecule has 2 fully saturated rings. The maximum absolute atomic E-state index is 13.3. The topological polar surface area (TPSA) is 118 Å². The highest BCUT2D eigenvalue weighted by molar-refractivity contribution is 7.16. The number of phenols is 1. The first-order valence-electron chi connectivity index (χ1n) is 15.2. The van der Waals surface area contributed by atoms with Gasteiger partial charge in [0.25, 0.3) is 5.91 Å². The Morgan fingerprint density at radius 2 is 1.98 bits per heavy atom. The number of H-pyrrole nitrogens is 1. The molecular weight excluding hydrogens is 617 g/mol. The van der Waals surface area contributed by atoms with Crippen molar-refractivity contribution in [3.05, 3.63) is 71.1 Å². The molecule has 3 aromatic heterocycles. The van der Waals surface area contributed by atoms with E-state index in [-0.39, 0.29) is 22.1 Å². The van der Waals surface area contributed by atoms with Crippen LogP contribution in [0.4, 0.5) is 0 Å². The summed E-state index contributed by atoms with van der Waals surface area (Å²) >= 11 is 4.46. The number of benzene rings is 1. The number of ether oxygens (including phenoxy) is 1. The van der Waals surface area contributed by atoms with Crippen molar-refractivity contribution in [3.63, 3.8) is 0 Å². The quantitative estimate of drug-likeness (QED) is 0.179. The SMILES string of the molecule is CC(C)c1cc(C(=O)N2CCOC3(CCN(Cc4cc(CCNC[C@H](O)c5ccc(O)c6[nH]c(=O)sc56)cs4)CC3)C2)cs1. The molecule has 44 heavy (non-hydrogen) atoms. The number of thiazole rings is 1. The van der Waals surface area contributed by atoms with E-state index in [1.807, 2.05) is 10.3 Å². The third-order valence-electron chi connectivity index (χ3n) is 8.70. The largest absolute Gasteiger partial charge is 0.506 e. The Kier molecular flexibility index (Phi) is 9.58. The number of piperidine rings is 1. The number of fused-ring (bicyclic) bond motifs is 1. The number of carbonyl (C=O) groups is 1. The van der Waals surface area contributed by atoms with Crippen LogP contribution in [0.1, 0.15) is 70.0 Å². The van der Waals surface area contributed by atoms with Gasteiger partial charge in [0.2, 0.25) is 0 Å². The van der Waals surface area contributed by atoms with Crippen LogP contribution >= 0.6 is 34.0 Å². The molecule has 0 radical (unpaired) electrons. The highest BCUT2D eigenvalue weighted by atomic mass is 32.1. The number of rotatable bonds is 10. The Labute approximate surface area is 269 Å². The molecule has 1 amide bonds. The fourth-order valence-electron chi connectivity index (χ4n) is 6.13. The number of nitrogens with zero attached hydrogens (tertiary/aromatic N) is 2. The molecule has 2 aliphatic heterocycles. The minimum absolute atomic E-state index is 0.00925. The molecule has 236 valence electrons. The molecule has 6 rings (SSSR count).